The van der Waals surface area contributed by atoms with Crippen LogP contribution in [-0.4, -0.2) is 16.8 Å². The summed E-state index contributed by atoms with van der Waals surface area (Å²) in [6, 6.07) is 5.03. The molecule has 80 valence electrons. The van der Waals surface area contributed by atoms with Crippen molar-refractivity contribution in [2.24, 2.45) is 0 Å². The highest BCUT2D eigenvalue weighted by Gasteiger charge is 2.25. The Morgan fingerprint density at radius 3 is 2.87 bits per heavy atom. The summed E-state index contributed by atoms with van der Waals surface area (Å²) in [5, 5.41) is 1.13. The molecule has 2 rings (SSSR count). The summed E-state index contributed by atoms with van der Waals surface area (Å²) >= 11 is 13.5. The molecule has 1 unspecified atom stereocenters. The van der Waals surface area contributed by atoms with Gasteiger partial charge in [-0.05, 0) is 36.8 Å². The van der Waals surface area contributed by atoms with Crippen molar-refractivity contribution in [3.05, 3.63) is 33.8 Å². The second-order valence-electron chi connectivity index (χ2n) is 3.49. The Kier molecular flexibility index (Phi) is 3.60. The van der Waals surface area contributed by atoms with Crippen molar-refractivity contribution in [3.8, 4) is 0 Å². The highest BCUT2D eigenvalue weighted by Crippen LogP contribution is 2.31. The average molecular weight is 261 g/mol. The van der Waals surface area contributed by atoms with Gasteiger partial charge in [-0.15, -0.1) is 0 Å². The molecule has 1 fully saturated rings. The summed E-state index contributed by atoms with van der Waals surface area (Å²) in [5.41, 5.74) is 0.559. The Morgan fingerprint density at radius 1 is 1.40 bits per heavy atom. The van der Waals surface area contributed by atoms with Crippen LogP contribution in [0, 0.1) is 0 Å². The minimum absolute atomic E-state index is 0.0703. The van der Waals surface area contributed by atoms with E-state index in [1.165, 1.54) is 0 Å². The predicted octanol–water partition coefficient (Wildman–Crippen LogP) is 4.07. The van der Waals surface area contributed by atoms with Gasteiger partial charge < -0.3 is 0 Å². The molecule has 1 aromatic rings. The van der Waals surface area contributed by atoms with Crippen LogP contribution in [0.3, 0.4) is 0 Å². The third-order valence-corrected chi connectivity index (χ3v) is 4.36. The first-order valence-electron chi connectivity index (χ1n) is 4.79. The highest BCUT2D eigenvalue weighted by molar-refractivity contribution is 8.00. The Labute approximate surface area is 103 Å². The lowest BCUT2D eigenvalue weighted by Crippen LogP contribution is -2.14. The van der Waals surface area contributed by atoms with Crippen molar-refractivity contribution in [3.63, 3.8) is 0 Å². The van der Waals surface area contributed by atoms with Crippen LogP contribution >= 0.6 is 35.0 Å². The van der Waals surface area contributed by atoms with Gasteiger partial charge in [0.1, 0.15) is 0 Å². The monoisotopic (exact) mass is 260 g/mol. The molecule has 1 nitrogen and oxygen atoms in total. The van der Waals surface area contributed by atoms with Crippen molar-refractivity contribution in [2.75, 3.05) is 5.75 Å². The van der Waals surface area contributed by atoms with Crippen LogP contribution in [0.1, 0.15) is 23.2 Å². The summed E-state index contributed by atoms with van der Waals surface area (Å²) in [6.45, 7) is 0. The van der Waals surface area contributed by atoms with Gasteiger partial charge in [0.05, 0.1) is 10.3 Å². The summed E-state index contributed by atoms with van der Waals surface area (Å²) in [6.07, 6.45) is 2.06. The van der Waals surface area contributed by atoms with Crippen LogP contribution < -0.4 is 0 Å². The number of hydrogen-bond donors (Lipinski definition) is 0. The predicted molar refractivity (Wildman–Crippen MR) is 66.3 cm³/mol. The molecule has 1 aromatic carbocycles. The Hall–Kier alpha value is -0.180. The second kappa shape index (κ2) is 4.77. The zero-order valence-electron chi connectivity index (χ0n) is 8.00. The first-order chi connectivity index (χ1) is 7.18. The molecular formula is C11H10Cl2OS. The molecular weight excluding hydrogens is 251 g/mol. The molecule has 1 atom stereocenters. The second-order valence-corrected chi connectivity index (χ2v) is 5.64. The number of carbonyl (C=O) groups excluding carboxylic acids is 1. The van der Waals surface area contributed by atoms with Crippen LogP contribution in [0.5, 0.6) is 0 Å². The molecule has 1 aliphatic heterocycles. The summed E-state index contributed by atoms with van der Waals surface area (Å²) in [5.74, 6) is 1.18. The minimum Gasteiger partial charge on any atom is -0.293 e. The number of rotatable bonds is 2. The van der Waals surface area contributed by atoms with E-state index in [0.29, 0.717) is 15.6 Å². The first kappa shape index (κ1) is 11.3. The van der Waals surface area contributed by atoms with Crippen molar-refractivity contribution < 1.29 is 4.79 Å². The van der Waals surface area contributed by atoms with E-state index >= 15 is 0 Å². The third kappa shape index (κ3) is 2.49. The number of Topliss-reactive ketones (excluding diaryl/α,β-unsaturated/α-hetero) is 1. The molecule has 0 aromatic heterocycles. The van der Waals surface area contributed by atoms with E-state index in [0.717, 1.165) is 18.6 Å². The van der Waals surface area contributed by atoms with Gasteiger partial charge in [-0.3, -0.25) is 4.79 Å². The van der Waals surface area contributed by atoms with Gasteiger partial charge in [-0.25, -0.2) is 0 Å². The number of carbonyl (C=O) groups is 1. The van der Waals surface area contributed by atoms with E-state index in [4.69, 9.17) is 23.2 Å². The maximum Gasteiger partial charge on any atom is 0.177 e. The van der Waals surface area contributed by atoms with E-state index in [1.54, 1.807) is 30.0 Å². The van der Waals surface area contributed by atoms with E-state index < -0.39 is 0 Å². The first-order valence-corrected chi connectivity index (χ1v) is 6.60. The maximum atomic E-state index is 12.1. The van der Waals surface area contributed by atoms with Gasteiger partial charge in [0, 0.05) is 10.6 Å². The standard InChI is InChI=1S/C11H10Cl2OS/c12-7-3-4-9(13)8(6-7)11(14)10-2-1-5-15-10/h3-4,6,10H,1-2,5H2. The number of halogens is 2. The lowest BCUT2D eigenvalue weighted by Gasteiger charge is -2.09. The van der Waals surface area contributed by atoms with Crippen LogP contribution in [0.2, 0.25) is 10.0 Å². The molecule has 0 saturated carbocycles. The van der Waals surface area contributed by atoms with Crippen molar-refractivity contribution in [1.82, 2.24) is 0 Å². The topological polar surface area (TPSA) is 17.1 Å². The Bertz CT molecular complexity index is 386. The number of thioether (sulfide) groups is 1. The number of benzene rings is 1. The minimum atomic E-state index is 0.0703. The fourth-order valence-electron chi connectivity index (χ4n) is 1.64. The molecule has 1 heterocycles. The molecule has 4 heteroatoms. The van der Waals surface area contributed by atoms with Crippen LogP contribution in [-0.2, 0) is 0 Å². The molecule has 1 aliphatic rings. The lowest BCUT2D eigenvalue weighted by molar-refractivity contribution is 0.0988. The molecule has 0 spiro atoms. The fraction of sp³-hybridized carbons (Fsp3) is 0.364. The van der Waals surface area contributed by atoms with Gasteiger partial charge in [-0.1, -0.05) is 23.2 Å². The smallest absolute Gasteiger partial charge is 0.177 e. The van der Waals surface area contributed by atoms with Crippen LogP contribution in [0.4, 0.5) is 0 Å². The van der Waals surface area contributed by atoms with Gasteiger partial charge in [0.2, 0.25) is 0 Å². The molecule has 0 amide bonds. The SMILES string of the molecule is O=C(c1cc(Cl)ccc1Cl)C1CCCS1. The Morgan fingerprint density at radius 2 is 2.20 bits per heavy atom. The lowest BCUT2D eigenvalue weighted by atomic mass is 10.1. The van der Waals surface area contributed by atoms with Gasteiger partial charge in [0.25, 0.3) is 0 Å². The summed E-state index contributed by atoms with van der Waals surface area (Å²) in [4.78, 5) is 12.1. The molecule has 1 saturated heterocycles. The maximum absolute atomic E-state index is 12.1. The van der Waals surface area contributed by atoms with E-state index in [9.17, 15) is 4.79 Å². The zero-order chi connectivity index (χ0) is 10.8. The zero-order valence-corrected chi connectivity index (χ0v) is 10.3. The molecule has 0 bridgehead atoms. The van der Waals surface area contributed by atoms with E-state index in [2.05, 4.69) is 0 Å². The molecule has 0 N–H and O–H groups in total. The van der Waals surface area contributed by atoms with E-state index in [-0.39, 0.29) is 11.0 Å². The van der Waals surface area contributed by atoms with Crippen LogP contribution in [0.25, 0.3) is 0 Å². The third-order valence-electron chi connectivity index (χ3n) is 2.42. The van der Waals surface area contributed by atoms with Gasteiger partial charge >= 0.3 is 0 Å². The fourth-order valence-corrected chi connectivity index (χ4v) is 3.26. The van der Waals surface area contributed by atoms with Gasteiger partial charge in [0.15, 0.2) is 5.78 Å². The quantitative estimate of drug-likeness (QED) is 0.746. The molecule has 0 radical (unpaired) electrons. The normalized spacial score (nSPS) is 20.5. The number of ketones is 1. The van der Waals surface area contributed by atoms with Gasteiger partial charge in [-0.2, -0.15) is 11.8 Å². The summed E-state index contributed by atoms with van der Waals surface area (Å²) in [7, 11) is 0. The van der Waals surface area contributed by atoms with E-state index in [1.807, 2.05) is 0 Å². The summed E-state index contributed by atoms with van der Waals surface area (Å²) < 4.78 is 0. The van der Waals surface area contributed by atoms with Crippen molar-refractivity contribution in [2.45, 2.75) is 18.1 Å². The largest absolute Gasteiger partial charge is 0.293 e. The molecule has 0 aliphatic carbocycles. The van der Waals surface area contributed by atoms with Crippen LogP contribution in [0.15, 0.2) is 18.2 Å². The number of hydrogen-bond acceptors (Lipinski definition) is 2. The van der Waals surface area contributed by atoms with Crippen molar-refractivity contribution in [1.29, 1.82) is 0 Å². The highest BCUT2D eigenvalue weighted by atomic mass is 35.5. The Balaban J connectivity index is 2.27. The molecule has 15 heavy (non-hydrogen) atoms. The van der Waals surface area contributed by atoms with Crippen molar-refractivity contribution >= 4 is 40.7 Å². The average Bonchev–Trinajstić information content (AvgIpc) is 2.74.